The third kappa shape index (κ3) is 3.92. The summed E-state index contributed by atoms with van der Waals surface area (Å²) in [6, 6.07) is 15.1. The number of nitrogens with two attached hydrogens (primary N) is 1. The predicted octanol–water partition coefficient (Wildman–Crippen LogP) is 3.40. The van der Waals surface area contributed by atoms with Crippen LogP contribution in [-0.2, 0) is 16.6 Å². The number of halogens is 1. The van der Waals surface area contributed by atoms with Crippen molar-refractivity contribution in [3.8, 4) is 0 Å². The van der Waals surface area contributed by atoms with E-state index in [2.05, 4.69) is 10.6 Å². The standard InChI is InChI=1S/C21H17FN4O4S/c22-15-9-10-19-18(11-15)25-21(28)26(31(19,29)30)12-13-5-7-14(8-6-13)20(27)24-17-4-2-1-3-16(17)23/h1-11H,12,23H2,(H,24,27)(H,25,28). The normalized spacial score (nSPS) is 14.5. The molecule has 1 heterocycles. The fraction of sp³-hybridized carbons (Fsp3) is 0.0476. The van der Waals surface area contributed by atoms with Crippen LogP contribution in [0.3, 0.4) is 0 Å². The summed E-state index contributed by atoms with van der Waals surface area (Å²) in [5, 5.41) is 5.08. The zero-order chi connectivity index (χ0) is 22.2. The van der Waals surface area contributed by atoms with Crippen molar-refractivity contribution in [2.75, 3.05) is 16.4 Å². The zero-order valence-corrected chi connectivity index (χ0v) is 16.8. The van der Waals surface area contributed by atoms with Crippen LogP contribution in [0.5, 0.6) is 0 Å². The second kappa shape index (κ2) is 7.73. The van der Waals surface area contributed by atoms with Crippen molar-refractivity contribution in [3.63, 3.8) is 0 Å². The van der Waals surface area contributed by atoms with Gasteiger partial charge in [0.1, 0.15) is 10.7 Å². The first kappa shape index (κ1) is 20.4. The zero-order valence-electron chi connectivity index (χ0n) is 16.0. The number of hydrogen-bond donors (Lipinski definition) is 3. The lowest BCUT2D eigenvalue weighted by molar-refractivity contribution is 0.102. The summed E-state index contributed by atoms with van der Waals surface area (Å²) < 4.78 is 39.7. The number of sulfonamides is 1. The molecule has 4 N–H and O–H groups in total. The van der Waals surface area contributed by atoms with Gasteiger partial charge in [-0.1, -0.05) is 24.3 Å². The molecule has 0 saturated heterocycles. The van der Waals surface area contributed by atoms with Crippen LogP contribution in [0.4, 0.5) is 26.2 Å². The molecule has 0 radical (unpaired) electrons. The first-order valence-electron chi connectivity index (χ1n) is 9.14. The molecule has 31 heavy (non-hydrogen) atoms. The van der Waals surface area contributed by atoms with Crippen LogP contribution in [0.15, 0.2) is 71.6 Å². The van der Waals surface area contributed by atoms with Gasteiger partial charge in [0.05, 0.1) is 23.6 Å². The van der Waals surface area contributed by atoms with E-state index in [1.54, 1.807) is 36.4 Å². The molecule has 1 aliphatic rings. The molecule has 8 nitrogen and oxygen atoms in total. The van der Waals surface area contributed by atoms with Gasteiger partial charge in [-0.15, -0.1) is 0 Å². The molecule has 0 bridgehead atoms. The molecule has 0 spiro atoms. The highest BCUT2D eigenvalue weighted by molar-refractivity contribution is 7.90. The Hall–Kier alpha value is -3.92. The van der Waals surface area contributed by atoms with E-state index in [1.807, 2.05) is 0 Å². The molecule has 0 unspecified atom stereocenters. The number of amides is 3. The van der Waals surface area contributed by atoms with E-state index in [0.29, 0.717) is 26.8 Å². The molecule has 0 aliphatic carbocycles. The molecule has 4 rings (SSSR count). The molecule has 1 aliphatic heterocycles. The van der Waals surface area contributed by atoms with Crippen LogP contribution < -0.4 is 16.4 Å². The second-order valence-electron chi connectivity index (χ2n) is 6.82. The molecule has 158 valence electrons. The Morgan fingerprint density at radius 2 is 1.77 bits per heavy atom. The minimum atomic E-state index is -4.16. The summed E-state index contributed by atoms with van der Waals surface area (Å²) >= 11 is 0. The average molecular weight is 440 g/mol. The van der Waals surface area contributed by atoms with Crippen LogP contribution in [0.25, 0.3) is 0 Å². The van der Waals surface area contributed by atoms with Crippen molar-refractivity contribution in [3.05, 3.63) is 83.7 Å². The quantitative estimate of drug-likeness (QED) is 0.537. The van der Waals surface area contributed by atoms with Crippen LogP contribution >= 0.6 is 0 Å². The first-order chi connectivity index (χ1) is 14.8. The number of carbonyl (C=O) groups excluding carboxylic acids is 2. The molecule has 0 fully saturated rings. The molecule has 3 aromatic carbocycles. The van der Waals surface area contributed by atoms with Crippen molar-refractivity contribution < 1.29 is 22.4 Å². The van der Waals surface area contributed by atoms with Gasteiger partial charge in [0.2, 0.25) is 0 Å². The van der Waals surface area contributed by atoms with Crippen molar-refractivity contribution in [2.24, 2.45) is 0 Å². The maximum Gasteiger partial charge on any atom is 0.336 e. The Morgan fingerprint density at radius 3 is 2.48 bits per heavy atom. The molecule has 0 atom stereocenters. The highest BCUT2D eigenvalue weighted by Gasteiger charge is 2.36. The van der Waals surface area contributed by atoms with Crippen LogP contribution in [0.1, 0.15) is 15.9 Å². The van der Waals surface area contributed by atoms with E-state index in [-0.39, 0.29) is 23.0 Å². The van der Waals surface area contributed by atoms with Crippen LogP contribution in [-0.4, -0.2) is 24.7 Å². The summed E-state index contributed by atoms with van der Waals surface area (Å²) in [6.07, 6.45) is 0. The number of para-hydroxylation sites is 2. The van der Waals surface area contributed by atoms with Crippen molar-refractivity contribution in [2.45, 2.75) is 11.4 Å². The number of nitrogens with zero attached hydrogens (tertiary/aromatic N) is 1. The van der Waals surface area contributed by atoms with Gasteiger partial charge in [-0.2, -0.15) is 0 Å². The largest absolute Gasteiger partial charge is 0.397 e. The monoisotopic (exact) mass is 440 g/mol. The van der Waals surface area contributed by atoms with Gasteiger partial charge in [0.15, 0.2) is 0 Å². The maximum absolute atomic E-state index is 13.4. The van der Waals surface area contributed by atoms with E-state index >= 15 is 0 Å². The molecular formula is C21H17FN4O4S. The number of anilines is 3. The van der Waals surface area contributed by atoms with Crippen molar-refractivity contribution in [1.29, 1.82) is 0 Å². The lowest BCUT2D eigenvalue weighted by Gasteiger charge is -2.28. The third-order valence-corrected chi connectivity index (χ3v) is 6.52. The van der Waals surface area contributed by atoms with Gasteiger partial charge in [-0.05, 0) is 48.0 Å². The van der Waals surface area contributed by atoms with Crippen molar-refractivity contribution in [1.82, 2.24) is 4.31 Å². The number of fused-ring (bicyclic) bond motifs is 1. The number of carbonyl (C=O) groups is 2. The minimum Gasteiger partial charge on any atom is -0.397 e. The van der Waals surface area contributed by atoms with Gasteiger partial charge in [-0.25, -0.2) is 21.9 Å². The van der Waals surface area contributed by atoms with E-state index in [9.17, 15) is 22.4 Å². The van der Waals surface area contributed by atoms with E-state index in [0.717, 1.165) is 18.2 Å². The fourth-order valence-electron chi connectivity index (χ4n) is 3.12. The summed E-state index contributed by atoms with van der Waals surface area (Å²) in [4.78, 5) is 24.6. The molecular weight excluding hydrogens is 423 g/mol. The van der Waals surface area contributed by atoms with Gasteiger partial charge in [0.25, 0.3) is 15.9 Å². The van der Waals surface area contributed by atoms with Crippen LogP contribution in [0, 0.1) is 5.82 Å². The van der Waals surface area contributed by atoms with Gasteiger partial charge in [0, 0.05) is 5.56 Å². The number of nitrogens with one attached hydrogen (secondary N) is 2. The van der Waals surface area contributed by atoms with Crippen molar-refractivity contribution >= 4 is 39.0 Å². The van der Waals surface area contributed by atoms with E-state index in [4.69, 9.17) is 5.73 Å². The highest BCUT2D eigenvalue weighted by atomic mass is 32.2. The Balaban J connectivity index is 1.52. The number of urea groups is 1. The summed E-state index contributed by atoms with van der Waals surface area (Å²) in [5.74, 6) is -1.04. The Kier molecular flexibility index (Phi) is 5.07. The lowest BCUT2D eigenvalue weighted by atomic mass is 10.1. The Labute approximate surface area is 177 Å². The first-order valence-corrected chi connectivity index (χ1v) is 10.6. The predicted molar refractivity (Wildman–Crippen MR) is 113 cm³/mol. The Morgan fingerprint density at radius 1 is 1.06 bits per heavy atom. The second-order valence-corrected chi connectivity index (χ2v) is 8.65. The summed E-state index contributed by atoms with van der Waals surface area (Å²) in [5.41, 5.74) is 7.43. The number of nitrogen functional groups attached to an aromatic ring is 1. The van der Waals surface area contributed by atoms with E-state index < -0.39 is 21.9 Å². The molecule has 3 aromatic rings. The number of rotatable bonds is 4. The lowest BCUT2D eigenvalue weighted by Crippen LogP contribution is -2.43. The topological polar surface area (TPSA) is 122 Å². The minimum absolute atomic E-state index is 0.103. The third-order valence-electron chi connectivity index (χ3n) is 4.73. The molecule has 0 aromatic heterocycles. The number of hydrogen-bond acceptors (Lipinski definition) is 5. The average Bonchev–Trinajstić information content (AvgIpc) is 2.73. The molecule has 10 heteroatoms. The highest BCUT2D eigenvalue weighted by Crippen LogP contribution is 2.31. The SMILES string of the molecule is Nc1ccccc1NC(=O)c1ccc(CN2C(=O)Nc3cc(F)ccc3S2(=O)=O)cc1. The molecule has 3 amide bonds. The Bertz CT molecular complexity index is 1290. The van der Waals surface area contributed by atoms with E-state index in [1.165, 1.54) is 12.1 Å². The molecule has 0 saturated carbocycles. The fourth-order valence-corrected chi connectivity index (χ4v) is 4.57. The van der Waals surface area contributed by atoms with Gasteiger partial charge in [-0.3, -0.25) is 4.79 Å². The summed E-state index contributed by atoms with van der Waals surface area (Å²) in [7, 11) is -4.16. The van der Waals surface area contributed by atoms with Gasteiger partial charge >= 0.3 is 6.03 Å². The van der Waals surface area contributed by atoms with Gasteiger partial charge < -0.3 is 16.4 Å². The summed E-state index contributed by atoms with van der Waals surface area (Å²) in [6.45, 7) is -0.251. The maximum atomic E-state index is 13.4. The van der Waals surface area contributed by atoms with Crippen LogP contribution in [0.2, 0.25) is 0 Å². The smallest absolute Gasteiger partial charge is 0.336 e. The number of benzene rings is 3.